The topological polar surface area (TPSA) is 98.8 Å². The van der Waals surface area contributed by atoms with Crippen LogP contribution >= 0.6 is 0 Å². The maximum atomic E-state index is 12.2. The third-order valence-electron chi connectivity index (χ3n) is 4.89. The summed E-state index contributed by atoms with van der Waals surface area (Å²) >= 11 is 0. The molecular weight excluding hydrogens is 402 g/mol. The Balaban J connectivity index is 1.62. The number of aromatic nitrogens is 4. The van der Waals surface area contributed by atoms with E-state index in [1.54, 1.807) is 19.3 Å². The number of benzene rings is 1. The first-order valence-electron chi connectivity index (χ1n) is 10.2. The molecule has 0 radical (unpaired) electrons. The van der Waals surface area contributed by atoms with E-state index in [2.05, 4.69) is 36.6 Å². The number of hydrogen-bond acceptors (Lipinski definition) is 6. The molecule has 0 aliphatic carbocycles. The summed E-state index contributed by atoms with van der Waals surface area (Å²) < 4.78 is 0. The molecular formula is C24H25N7O. The molecule has 0 aliphatic rings. The molecule has 4 rings (SSSR count). The van der Waals surface area contributed by atoms with Gasteiger partial charge in [-0.2, -0.15) is 0 Å². The summed E-state index contributed by atoms with van der Waals surface area (Å²) in [6.07, 6.45) is 8.83. The predicted octanol–water partition coefficient (Wildman–Crippen LogP) is 3.78. The van der Waals surface area contributed by atoms with Gasteiger partial charge in [0.25, 0.3) is 0 Å². The summed E-state index contributed by atoms with van der Waals surface area (Å²) in [5.74, 6) is 0.402. The Hall–Kier alpha value is -4.04. The van der Waals surface area contributed by atoms with Crippen molar-refractivity contribution < 1.29 is 4.79 Å². The lowest BCUT2D eigenvalue weighted by molar-refractivity contribution is -0.111. The summed E-state index contributed by atoms with van der Waals surface area (Å²) in [5.41, 5.74) is 5.17. The van der Waals surface area contributed by atoms with E-state index in [1.807, 2.05) is 67.8 Å². The second-order valence-electron chi connectivity index (χ2n) is 7.57. The van der Waals surface area contributed by atoms with Crippen LogP contribution in [0, 0.1) is 0 Å². The average Bonchev–Trinajstić information content (AvgIpc) is 3.22. The SMILES string of the molecule is CNc1nccc(-c2c[nH]c3ncc(-c4cccc(NC(=O)/C=C/CN(C)C)c4)cc23)n1. The summed E-state index contributed by atoms with van der Waals surface area (Å²) in [4.78, 5) is 30.7. The van der Waals surface area contributed by atoms with Gasteiger partial charge in [-0.3, -0.25) is 4.79 Å². The molecule has 0 saturated carbocycles. The van der Waals surface area contributed by atoms with Crippen LogP contribution in [0.5, 0.6) is 0 Å². The standard InChI is InChI=1S/C24H25N7O/c1-25-24-26-10-9-21(30-24)20-15-28-23-19(20)13-17(14-27-23)16-6-4-7-18(12-16)29-22(32)8-5-11-31(2)3/h4-10,12-15H,11H2,1-3H3,(H,27,28)(H,29,32)(H,25,26,30)/b8-5+. The van der Waals surface area contributed by atoms with Gasteiger partial charge in [0.15, 0.2) is 0 Å². The van der Waals surface area contributed by atoms with Gasteiger partial charge in [0.1, 0.15) is 5.65 Å². The number of nitrogens with one attached hydrogen (secondary N) is 3. The molecule has 8 heteroatoms. The molecule has 0 atom stereocenters. The van der Waals surface area contributed by atoms with Gasteiger partial charge in [-0.25, -0.2) is 15.0 Å². The second-order valence-corrected chi connectivity index (χ2v) is 7.57. The highest BCUT2D eigenvalue weighted by Crippen LogP contribution is 2.31. The van der Waals surface area contributed by atoms with Gasteiger partial charge in [0.05, 0.1) is 5.69 Å². The smallest absolute Gasteiger partial charge is 0.248 e. The average molecular weight is 428 g/mol. The van der Waals surface area contributed by atoms with Crippen molar-refractivity contribution in [2.75, 3.05) is 38.3 Å². The third-order valence-corrected chi connectivity index (χ3v) is 4.89. The molecule has 0 unspecified atom stereocenters. The van der Waals surface area contributed by atoms with Crippen LogP contribution in [0.1, 0.15) is 0 Å². The van der Waals surface area contributed by atoms with Crippen molar-refractivity contribution in [1.82, 2.24) is 24.8 Å². The molecule has 3 heterocycles. The van der Waals surface area contributed by atoms with Crippen LogP contribution in [-0.4, -0.2) is 58.4 Å². The lowest BCUT2D eigenvalue weighted by Gasteiger charge is -2.07. The predicted molar refractivity (Wildman–Crippen MR) is 128 cm³/mol. The zero-order chi connectivity index (χ0) is 22.5. The minimum Gasteiger partial charge on any atom is -0.357 e. The number of anilines is 2. The molecule has 4 aromatic rings. The number of amides is 1. The van der Waals surface area contributed by atoms with Crippen molar-refractivity contribution in [2.45, 2.75) is 0 Å². The quantitative estimate of drug-likeness (QED) is 0.388. The Morgan fingerprint density at radius 3 is 2.84 bits per heavy atom. The van der Waals surface area contributed by atoms with Gasteiger partial charge in [-0.1, -0.05) is 18.2 Å². The van der Waals surface area contributed by atoms with Crippen molar-refractivity contribution in [3.05, 3.63) is 67.1 Å². The molecule has 32 heavy (non-hydrogen) atoms. The van der Waals surface area contributed by atoms with Gasteiger partial charge in [-0.05, 0) is 43.9 Å². The molecule has 3 N–H and O–H groups in total. The number of H-pyrrole nitrogens is 1. The van der Waals surface area contributed by atoms with Gasteiger partial charge in [0, 0.05) is 60.5 Å². The van der Waals surface area contributed by atoms with Crippen LogP contribution in [-0.2, 0) is 4.79 Å². The molecule has 0 bridgehead atoms. The second kappa shape index (κ2) is 9.40. The lowest BCUT2D eigenvalue weighted by atomic mass is 10.0. The Morgan fingerprint density at radius 1 is 1.16 bits per heavy atom. The zero-order valence-electron chi connectivity index (χ0n) is 18.3. The fourth-order valence-corrected chi connectivity index (χ4v) is 3.33. The number of hydrogen-bond donors (Lipinski definition) is 3. The molecule has 8 nitrogen and oxygen atoms in total. The first-order valence-corrected chi connectivity index (χ1v) is 10.2. The minimum atomic E-state index is -0.158. The van der Waals surface area contributed by atoms with Gasteiger partial charge in [-0.15, -0.1) is 0 Å². The number of nitrogens with zero attached hydrogens (tertiary/aromatic N) is 4. The van der Waals surface area contributed by atoms with Crippen LogP contribution in [0.2, 0.25) is 0 Å². The number of carbonyl (C=O) groups excluding carboxylic acids is 1. The Kier molecular flexibility index (Phi) is 6.23. The highest BCUT2D eigenvalue weighted by atomic mass is 16.1. The van der Waals surface area contributed by atoms with E-state index in [-0.39, 0.29) is 5.91 Å². The van der Waals surface area contributed by atoms with Crippen molar-refractivity contribution >= 4 is 28.6 Å². The number of likely N-dealkylation sites (N-methyl/N-ethyl adjacent to an activating group) is 1. The van der Waals surface area contributed by atoms with Crippen LogP contribution in [0.4, 0.5) is 11.6 Å². The molecule has 3 aromatic heterocycles. The summed E-state index contributed by atoms with van der Waals surface area (Å²) in [7, 11) is 5.70. The number of aromatic amines is 1. The van der Waals surface area contributed by atoms with E-state index in [0.29, 0.717) is 12.5 Å². The van der Waals surface area contributed by atoms with Gasteiger partial charge >= 0.3 is 0 Å². The first-order chi connectivity index (χ1) is 15.5. The number of pyridine rings is 1. The molecule has 0 spiro atoms. The van der Waals surface area contributed by atoms with Gasteiger partial charge in [0.2, 0.25) is 11.9 Å². The van der Waals surface area contributed by atoms with Crippen LogP contribution in [0.3, 0.4) is 0 Å². The van der Waals surface area contributed by atoms with Crippen LogP contribution < -0.4 is 10.6 Å². The first kappa shape index (κ1) is 21.2. The number of fused-ring (bicyclic) bond motifs is 1. The maximum Gasteiger partial charge on any atom is 0.248 e. The van der Waals surface area contributed by atoms with Crippen molar-refractivity contribution in [3.8, 4) is 22.4 Å². The van der Waals surface area contributed by atoms with E-state index in [4.69, 9.17) is 0 Å². The van der Waals surface area contributed by atoms with Crippen molar-refractivity contribution in [1.29, 1.82) is 0 Å². The maximum absolute atomic E-state index is 12.2. The summed E-state index contributed by atoms with van der Waals surface area (Å²) in [6, 6.07) is 11.7. The molecule has 0 saturated heterocycles. The number of rotatable bonds is 7. The number of carbonyl (C=O) groups is 1. The highest BCUT2D eigenvalue weighted by Gasteiger charge is 2.11. The van der Waals surface area contributed by atoms with E-state index >= 15 is 0 Å². The zero-order valence-corrected chi connectivity index (χ0v) is 18.3. The van der Waals surface area contributed by atoms with Crippen molar-refractivity contribution in [3.63, 3.8) is 0 Å². The van der Waals surface area contributed by atoms with Crippen LogP contribution in [0.25, 0.3) is 33.4 Å². The fourth-order valence-electron chi connectivity index (χ4n) is 3.33. The monoisotopic (exact) mass is 427 g/mol. The Labute approximate surface area is 186 Å². The Bertz CT molecular complexity index is 1280. The van der Waals surface area contributed by atoms with Crippen LogP contribution in [0.15, 0.2) is 67.1 Å². The minimum absolute atomic E-state index is 0.158. The summed E-state index contributed by atoms with van der Waals surface area (Å²) in [6.45, 7) is 0.709. The normalized spacial score (nSPS) is 11.4. The van der Waals surface area contributed by atoms with Crippen molar-refractivity contribution in [2.24, 2.45) is 0 Å². The van der Waals surface area contributed by atoms with Gasteiger partial charge < -0.3 is 20.5 Å². The van der Waals surface area contributed by atoms with E-state index in [0.717, 1.165) is 39.1 Å². The Morgan fingerprint density at radius 2 is 2.03 bits per heavy atom. The fraction of sp³-hybridized carbons (Fsp3) is 0.167. The largest absolute Gasteiger partial charge is 0.357 e. The lowest BCUT2D eigenvalue weighted by Crippen LogP contribution is -2.12. The summed E-state index contributed by atoms with van der Waals surface area (Å²) in [5, 5.41) is 6.84. The van der Waals surface area contributed by atoms with E-state index < -0.39 is 0 Å². The third kappa shape index (κ3) is 4.81. The molecule has 1 amide bonds. The molecule has 1 aromatic carbocycles. The van der Waals surface area contributed by atoms with E-state index in [9.17, 15) is 4.79 Å². The molecule has 162 valence electrons. The van der Waals surface area contributed by atoms with E-state index in [1.165, 1.54) is 0 Å². The molecule has 0 aliphatic heterocycles. The molecule has 0 fully saturated rings. The highest BCUT2D eigenvalue weighted by molar-refractivity contribution is 6.00.